The van der Waals surface area contributed by atoms with Gasteiger partial charge in [-0.2, -0.15) is 13.2 Å². The van der Waals surface area contributed by atoms with Crippen molar-refractivity contribution in [3.8, 4) is 0 Å². The summed E-state index contributed by atoms with van der Waals surface area (Å²) in [7, 11) is 1.56. The lowest BCUT2D eigenvalue weighted by Gasteiger charge is -2.18. The Hall–Kier alpha value is -2.83. The molecule has 2 N–H and O–H groups in total. The molecule has 26 heavy (non-hydrogen) atoms. The van der Waals surface area contributed by atoms with Crippen LogP contribution in [0.1, 0.15) is 33.8 Å². The van der Waals surface area contributed by atoms with E-state index in [0.29, 0.717) is 17.7 Å². The molecule has 4 nitrogen and oxygen atoms in total. The number of halogens is 3. The second-order valence-corrected chi connectivity index (χ2v) is 6.34. The highest BCUT2D eigenvalue weighted by atomic mass is 19.4. The molecule has 136 valence electrons. The van der Waals surface area contributed by atoms with Crippen molar-refractivity contribution < 1.29 is 22.8 Å². The molecule has 2 aromatic rings. The minimum atomic E-state index is -4.44. The Kier molecular flexibility index (Phi) is 4.48. The molecule has 0 heterocycles. The van der Waals surface area contributed by atoms with E-state index in [0.717, 1.165) is 6.07 Å². The van der Waals surface area contributed by atoms with Crippen molar-refractivity contribution in [3.63, 3.8) is 0 Å². The van der Waals surface area contributed by atoms with E-state index in [9.17, 15) is 22.8 Å². The van der Waals surface area contributed by atoms with E-state index in [1.807, 2.05) is 0 Å². The van der Waals surface area contributed by atoms with Gasteiger partial charge in [0.2, 0.25) is 11.8 Å². The van der Waals surface area contributed by atoms with Gasteiger partial charge in [0.25, 0.3) is 0 Å². The van der Waals surface area contributed by atoms with E-state index in [1.54, 1.807) is 25.2 Å². The van der Waals surface area contributed by atoms with Crippen LogP contribution >= 0.6 is 0 Å². The Bertz CT molecular complexity index is 847. The van der Waals surface area contributed by atoms with Crippen LogP contribution < -0.4 is 10.6 Å². The first-order valence-electron chi connectivity index (χ1n) is 8.03. The normalized spacial score (nSPS) is 19.1. The van der Waals surface area contributed by atoms with Crippen LogP contribution in [-0.2, 0) is 11.0 Å². The number of hydrogen-bond donors (Lipinski definition) is 1. The summed E-state index contributed by atoms with van der Waals surface area (Å²) < 4.78 is 39.5. The highest BCUT2D eigenvalue weighted by molar-refractivity contribution is 5.98. The fraction of sp³-hybridized carbons (Fsp3) is 0.263. The summed E-state index contributed by atoms with van der Waals surface area (Å²) in [5, 5.41) is 0. The smallest absolute Gasteiger partial charge is 0.366 e. The van der Waals surface area contributed by atoms with Gasteiger partial charge in [0.05, 0.1) is 5.56 Å². The van der Waals surface area contributed by atoms with Gasteiger partial charge in [-0.1, -0.05) is 18.2 Å². The summed E-state index contributed by atoms with van der Waals surface area (Å²) >= 11 is 0. The highest BCUT2D eigenvalue weighted by Crippen LogP contribution is 2.51. The van der Waals surface area contributed by atoms with Crippen molar-refractivity contribution in [2.45, 2.75) is 18.5 Å². The van der Waals surface area contributed by atoms with Gasteiger partial charge in [-0.05, 0) is 48.2 Å². The quantitative estimate of drug-likeness (QED) is 0.904. The lowest BCUT2D eigenvalue weighted by atomic mass is 10.0. The van der Waals surface area contributed by atoms with E-state index in [2.05, 4.69) is 0 Å². The molecule has 1 fully saturated rings. The van der Waals surface area contributed by atoms with Gasteiger partial charge in [0.1, 0.15) is 0 Å². The van der Waals surface area contributed by atoms with E-state index < -0.39 is 29.5 Å². The molecule has 2 aromatic carbocycles. The van der Waals surface area contributed by atoms with Gasteiger partial charge in [-0.3, -0.25) is 9.59 Å². The molecule has 2 atom stereocenters. The zero-order chi connectivity index (χ0) is 19.1. The van der Waals surface area contributed by atoms with Gasteiger partial charge in [-0.25, -0.2) is 0 Å². The van der Waals surface area contributed by atoms with Crippen LogP contribution in [0.3, 0.4) is 0 Å². The minimum absolute atomic E-state index is 0.163. The Balaban J connectivity index is 1.76. The van der Waals surface area contributed by atoms with E-state index in [-0.39, 0.29) is 11.5 Å². The fourth-order valence-electron chi connectivity index (χ4n) is 3.12. The Labute approximate surface area is 148 Å². The summed E-state index contributed by atoms with van der Waals surface area (Å²) in [6.45, 7) is 0. The summed E-state index contributed by atoms with van der Waals surface area (Å²) in [6.07, 6.45) is -4.06. The third kappa shape index (κ3) is 3.42. The van der Waals surface area contributed by atoms with Crippen LogP contribution in [0.4, 0.5) is 18.9 Å². The molecular weight excluding hydrogens is 345 g/mol. The molecule has 0 saturated heterocycles. The maximum atomic E-state index is 13.2. The largest absolute Gasteiger partial charge is 0.416 e. The number of rotatable bonds is 4. The highest BCUT2D eigenvalue weighted by Gasteiger charge is 2.48. The van der Waals surface area contributed by atoms with Crippen molar-refractivity contribution in [2.75, 3.05) is 11.9 Å². The molecule has 0 unspecified atom stereocenters. The fourth-order valence-corrected chi connectivity index (χ4v) is 3.12. The SMILES string of the molecule is CN(C(=O)[C@H]1C[C@H]1c1ccccc1C(F)(F)F)c1ccc(C(N)=O)cc1. The topological polar surface area (TPSA) is 63.4 Å². The van der Waals surface area contributed by atoms with Crippen LogP contribution in [0.25, 0.3) is 0 Å². The molecular formula is C19H17F3N2O2. The first-order valence-corrected chi connectivity index (χ1v) is 8.03. The molecule has 1 aliphatic carbocycles. The number of hydrogen-bond acceptors (Lipinski definition) is 2. The number of amides is 2. The molecule has 2 amide bonds. The number of benzene rings is 2. The molecule has 0 radical (unpaired) electrons. The number of nitrogens with two attached hydrogens (primary N) is 1. The minimum Gasteiger partial charge on any atom is -0.366 e. The first kappa shape index (κ1) is 18.0. The standard InChI is InChI=1S/C19H17F3N2O2/c1-24(12-8-6-11(7-9-12)17(23)25)18(26)15-10-14(15)13-4-2-3-5-16(13)19(20,21)22/h2-9,14-15H,10H2,1H3,(H2,23,25)/t14-,15-/m0/s1. The zero-order valence-corrected chi connectivity index (χ0v) is 14.0. The number of primary amides is 1. The third-order valence-corrected chi connectivity index (χ3v) is 4.64. The summed E-state index contributed by atoms with van der Waals surface area (Å²) in [5.41, 5.74) is 5.52. The summed E-state index contributed by atoms with van der Waals surface area (Å²) in [5.74, 6) is -1.75. The van der Waals surface area contributed by atoms with Crippen LogP contribution in [0.2, 0.25) is 0 Å². The number of carbonyl (C=O) groups excluding carboxylic acids is 2. The van der Waals surface area contributed by atoms with Gasteiger partial charge < -0.3 is 10.6 Å². The molecule has 7 heteroatoms. The average Bonchev–Trinajstić information content (AvgIpc) is 3.40. The van der Waals surface area contributed by atoms with Crippen molar-refractivity contribution >= 4 is 17.5 Å². The maximum absolute atomic E-state index is 13.2. The zero-order valence-electron chi connectivity index (χ0n) is 14.0. The number of nitrogens with zero attached hydrogens (tertiary/aromatic N) is 1. The van der Waals surface area contributed by atoms with Crippen molar-refractivity contribution in [1.82, 2.24) is 0 Å². The monoisotopic (exact) mass is 362 g/mol. The predicted octanol–water partition coefficient (Wildman–Crippen LogP) is 3.57. The first-order chi connectivity index (χ1) is 12.2. The molecule has 0 bridgehead atoms. The number of carbonyl (C=O) groups is 2. The van der Waals surface area contributed by atoms with Crippen LogP contribution in [0.5, 0.6) is 0 Å². The van der Waals surface area contributed by atoms with Gasteiger partial charge in [0.15, 0.2) is 0 Å². The molecule has 0 spiro atoms. The molecule has 1 aliphatic rings. The molecule has 1 saturated carbocycles. The van der Waals surface area contributed by atoms with Crippen LogP contribution in [-0.4, -0.2) is 18.9 Å². The molecule has 0 aromatic heterocycles. The van der Waals surface area contributed by atoms with Gasteiger partial charge >= 0.3 is 6.18 Å². The lowest BCUT2D eigenvalue weighted by Crippen LogP contribution is -2.28. The van der Waals surface area contributed by atoms with E-state index in [1.165, 1.54) is 29.2 Å². The lowest BCUT2D eigenvalue weighted by molar-refractivity contribution is -0.138. The Morgan fingerprint density at radius 1 is 1.08 bits per heavy atom. The number of alkyl halides is 3. The predicted molar refractivity (Wildman–Crippen MR) is 90.7 cm³/mol. The van der Waals surface area contributed by atoms with Gasteiger partial charge in [-0.15, -0.1) is 0 Å². The Morgan fingerprint density at radius 3 is 2.27 bits per heavy atom. The van der Waals surface area contributed by atoms with Crippen molar-refractivity contribution in [2.24, 2.45) is 11.7 Å². The number of anilines is 1. The third-order valence-electron chi connectivity index (χ3n) is 4.64. The van der Waals surface area contributed by atoms with E-state index >= 15 is 0 Å². The second kappa shape index (κ2) is 6.48. The second-order valence-electron chi connectivity index (χ2n) is 6.34. The molecule has 0 aliphatic heterocycles. The van der Waals surface area contributed by atoms with Crippen molar-refractivity contribution in [3.05, 3.63) is 65.2 Å². The van der Waals surface area contributed by atoms with Gasteiger partial charge in [0, 0.05) is 24.2 Å². The molecule has 3 rings (SSSR count). The van der Waals surface area contributed by atoms with Crippen molar-refractivity contribution in [1.29, 1.82) is 0 Å². The summed E-state index contributed by atoms with van der Waals surface area (Å²) in [6, 6.07) is 11.5. The Morgan fingerprint density at radius 2 is 1.69 bits per heavy atom. The van der Waals surface area contributed by atoms with Crippen LogP contribution in [0, 0.1) is 5.92 Å². The average molecular weight is 362 g/mol. The van der Waals surface area contributed by atoms with E-state index in [4.69, 9.17) is 5.73 Å². The summed E-state index contributed by atoms with van der Waals surface area (Å²) in [4.78, 5) is 25.1. The van der Waals surface area contributed by atoms with Crippen LogP contribution in [0.15, 0.2) is 48.5 Å². The maximum Gasteiger partial charge on any atom is 0.416 e.